The van der Waals surface area contributed by atoms with Crippen LogP contribution in [0.2, 0.25) is 0 Å². The summed E-state index contributed by atoms with van der Waals surface area (Å²) in [5, 5.41) is 0. The van der Waals surface area contributed by atoms with Crippen LogP contribution >= 0.6 is 0 Å². The van der Waals surface area contributed by atoms with Crippen molar-refractivity contribution in [3.8, 4) is 23.1 Å². The van der Waals surface area contributed by atoms with Crippen molar-refractivity contribution in [3.05, 3.63) is 42.1 Å². The lowest BCUT2D eigenvalue weighted by Gasteiger charge is -2.11. The number of nitrogens with zero attached hydrogens (tertiary/aromatic N) is 1. The summed E-state index contributed by atoms with van der Waals surface area (Å²) in [6.07, 6.45) is 1.62. The minimum absolute atomic E-state index is 0.458. The van der Waals surface area contributed by atoms with Gasteiger partial charge in [0.25, 0.3) is 0 Å². The third kappa shape index (κ3) is 3.14. The first-order chi connectivity index (χ1) is 9.26. The Labute approximate surface area is 111 Å². The Hall–Kier alpha value is -2.27. The average Bonchev–Trinajstić information content (AvgIpc) is 2.48. The predicted molar refractivity (Wildman–Crippen MR) is 71.7 cm³/mol. The van der Waals surface area contributed by atoms with Crippen molar-refractivity contribution in [1.82, 2.24) is 4.98 Å². The van der Waals surface area contributed by atoms with E-state index in [-0.39, 0.29) is 0 Å². The van der Waals surface area contributed by atoms with Gasteiger partial charge in [0.1, 0.15) is 5.75 Å². The Kier molecular flexibility index (Phi) is 4.20. The first-order valence-corrected chi connectivity index (χ1v) is 5.81. The number of nitrogens with two attached hydrogens (primary N) is 1. The second kappa shape index (κ2) is 6.06. The lowest BCUT2D eigenvalue weighted by atomic mass is 10.2. The van der Waals surface area contributed by atoms with E-state index in [1.54, 1.807) is 32.5 Å². The maximum absolute atomic E-state index is 5.76. The fourth-order valence-corrected chi connectivity index (χ4v) is 1.62. The first kappa shape index (κ1) is 13.2. The highest BCUT2D eigenvalue weighted by Crippen LogP contribution is 2.32. The molecule has 0 radical (unpaired) electrons. The van der Waals surface area contributed by atoms with E-state index in [9.17, 15) is 0 Å². The van der Waals surface area contributed by atoms with Crippen LogP contribution in [0.25, 0.3) is 0 Å². The quantitative estimate of drug-likeness (QED) is 0.893. The molecule has 0 bridgehead atoms. The Morgan fingerprint density at radius 3 is 2.58 bits per heavy atom. The number of hydrogen-bond acceptors (Lipinski definition) is 5. The third-order valence-electron chi connectivity index (χ3n) is 2.61. The minimum Gasteiger partial charge on any atom is -0.493 e. The molecular weight excluding hydrogens is 244 g/mol. The van der Waals surface area contributed by atoms with Crippen LogP contribution in [0.1, 0.15) is 5.56 Å². The number of hydrogen-bond donors (Lipinski definition) is 1. The zero-order valence-corrected chi connectivity index (χ0v) is 10.9. The number of methoxy groups -OCH3 is 2. The molecule has 0 amide bonds. The molecule has 0 saturated heterocycles. The molecule has 0 aliphatic rings. The SMILES string of the molecule is COc1cc(Oc2ccc(CN)cc2OC)ccn1. The highest BCUT2D eigenvalue weighted by atomic mass is 16.5. The summed E-state index contributed by atoms with van der Waals surface area (Å²) in [5.74, 6) is 2.38. The number of pyridine rings is 1. The van der Waals surface area contributed by atoms with Gasteiger partial charge in [-0.3, -0.25) is 0 Å². The molecule has 2 aromatic rings. The highest BCUT2D eigenvalue weighted by molar-refractivity contribution is 5.45. The Morgan fingerprint density at radius 1 is 1.05 bits per heavy atom. The minimum atomic E-state index is 0.458. The van der Waals surface area contributed by atoms with Crippen molar-refractivity contribution >= 4 is 0 Å². The summed E-state index contributed by atoms with van der Waals surface area (Å²) in [6.45, 7) is 0.458. The molecule has 0 atom stereocenters. The second-order valence-electron chi connectivity index (χ2n) is 3.83. The van der Waals surface area contributed by atoms with E-state index in [1.807, 2.05) is 18.2 Å². The molecule has 5 nitrogen and oxygen atoms in total. The first-order valence-electron chi connectivity index (χ1n) is 5.81. The summed E-state index contributed by atoms with van der Waals surface area (Å²) in [5.41, 5.74) is 6.58. The van der Waals surface area contributed by atoms with Crippen molar-refractivity contribution in [2.75, 3.05) is 14.2 Å². The molecule has 0 unspecified atom stereocenters. The van der Waals surface area contributed by atoms with Gasteiger partial charge in [-0.05, 0) is 23.8 Å². The molecule has 1 aromatic heterocycles. The molecule has 100 valence electrons. The van der Waals surface area contributed by atoms with Gasteiger partial charge in [-0.15, -0.1) is 0 Å². The van der Waals surface area contributed by atoms with E-state index in [4.69, 9.17) is 19.9 Å². The van der Waals surface area contributed by atoms with Gasteiger partial charge in [-0.1, -0.05) is 6.07 Å². The Balaban J connectivity index is 2.26. The van der Waals surface area contributed by atoms with E-state index in [1.165, 1.54) is 0 Å². The maximum atomic E-state index is 5.76. The van der Waals surface area contributed by atoms with Crippen LogP contribution < -0.4 is 19.9 Å². The molecule has 0 fully saturated rings. The van der Waals surface area contributed by atoms with Crippen LogP contribution in [-0.2, 0) is 6.54 Å². The van der Waals surface area contributed by atoms with Gasteiger partial charge < -0.3 is 19.9 Å². The van der Waals surface area contributed by atoms with Crippen molar-refractivity contribution in [1.29, 1.82) is 0 Å². The normalized spacial score (nSPS) is 10.1. The number of rotatable bonds is 5. The van der Waals surface area contributed by atoms with Gasteiger partial charge in [0.05, 0.1) is 14.2 Å². The fraction of sp³-hybridized carbons (Fsp3) is 0.214. The summed E-state index contributed by atoms with van der Waals surface area (Å²) in [7, 11) is 3.15. The van der Waals surface area contributed by atoms with Gasteiger partial charge in [0.15, 0.2) is 11.5 Å². The van der Waals surface area contributed by atoms with Gasteiger partial charge >= 0.3 is 0 Å². The molecule has 0 spiro atoms. The van der Waals surface area contributed by atoms with Crippen LogP contribution in [0.3, 0.4) is 0 Å². The lowest BCUT2D eigenvalue weighted by molar-refractivity contribution is 0.372. The molecule has 19 heavy (non-hydrogen) atoms. The lowest BCUT2D eigenvalue weighted by Crippen LogP contribution is -1.98. The summed E-state index contributed by atoms with van der Waals surface area (Å²) >= 11 is 0. The van der Waals surface area contributed by atoms with Gasteiger partial charge in [0.2, 0.25) is 5.88 Å². The molecule has 1 heterocycles. The summed E-state index contributed by atoms with van der Waals surface area (Å²) < 4.78 is 16.1. The molecule has 2 N–H and O–H groups in total. The van der Waals surface area contributed by atoms with E-state index in [2.05, 4.69) is 4.98 Å². The van der Waals surface area contributed by atoms with Gasteiger partial charge in [-0.2, -0.15) is 0 Å². The highest BCUT2D eigenvalue weighted by Gasteiger charge is 2.07. The molecule has 5 heteroatoms. The Morgan fingerprint density at radius 2 is 1.89 bits per heavy atom. The zero-order valence-electron chi connectivity index (χ0n) is 10.9. The van der Waals surface area contributed by atoms with Crippen LogP contribution in [0.5, 0.6) is 23.1 Å². The summed E-state index contributed by atoms with van der Waals surface area (Å²) in [6, 6.07) is 9.03. The smallest absolute Gasteiger partial charge is 0.216 e. The topological polar surface area (TPSA) is 66.6 Å². The molecule has 2 rings (SSSR count). The number of ether oxygens (including phenoxy) is 3. The average molecular weight is 260 g/mol. The van der Waals surface area contributed by atoms with Crippen LogP contribution in [0, 0.1) is 0 Å². The third-order valence-corrected chi connectivity index (χ3v) is 2.61. The molecule has 0 aliphatic heterocycles. The predicted octanol–water partition coefficient (Wildman–Crippen LogP) is 2.35. The number of aromatic nitrogens is 1. The van der Waals surface area contributed by atoms with Crippen molar-refractivity contribution in [2.24, 2.45) is 5.73 Å². The van der Waals surface area contributed by atoms with Crippen LogP contribution in [-0.4, -0.2) is 19.2 Å². The molecule has 0 saturated carbocycles. The number of benzene rings is 1. The van der Waals surface area contributed by atoms with Crippen LogP contribution in [0.4, 0.5) is 0 Å². The van der Waals surface area contributed by atoms with E-state index < -0.39 is 0 Å². The molecule has 0 aliphatic carbocycles. The molecule has 1 aromatic carbocycles. The van der Waals surface area contributed by atoms with Crippen molar-refractivity contribution < 1.29 is 14.2 Å². The monoisotopic (exact) mass is 260 g/mol. The van der Waals surface area contributed by atoms with E-state index >= 15 is 0 Å². The standard InChI is InChI=1S/C14H16N2O3/c1-17-13-7-10(9-15)3-4-12(13)19-11-5-6-16-14(8-11)18-2/h3-8H,9,15H2,1-2H3. The Bertz CT molecular complexity index is 558. The van der Waals surface area contributed by atoms with Crippen LogP contribution in [0.15, 0.2) is 36.5 Å². The van der Waals surface area contributed by atoms with Crippen molar-refractivity contribution in [2.45, 2.75) is 6.54 Å². The van der Waals surface area contributed by atoms with Gasteiger partial charge in [-0.25, -0.2) is 4.98 Å². The maximum Gasteiger partial charge on any atom is 0.216 e. The molecular formula is C14H16N2O3. The second-order valence-corrected chi connectivity index (χ2v) is 3.83. The summed E-state index contributed by atoms with van der Waals surface area (Å²) in [4.78, 5) is 4.02. The fourth-order valence-electron chi connectivity index (χ4n) is 1.62. The zero-order chi connectivity index (χ0) is 13.7. The van der Waals surface area contributed by atoms with E-state index in [0.717, 1.165) is 5.56 Å². The van der Waals surface area contributed by atoms with Gasteiger partial charge in [0, 0.05) is 18.8 Å². The van der Waals surface area contributed by atoms with Crippen molar-refractivity contribution in [3.63, 3.8) is 0 Å². The van der Waals surface area contributed by atoms with E-state index in [0.29, 0.717) is 29.7 Å². The largest absolute Gasteiger partial charge is 0.493 e.